The second-order valence-electron chi connectivity index (χ2n) is 7.13. The molecule has 4 atom stereocenters. The van der Waals surface area contributed by atoms with E-state index in [9.17, 15) is 9.59 Å². The predicted molar refractivity (Wildman–Crippen MR) is 89.8 cm³/mol. The molecule has 2 N–H and O–H groups in total. The minimum Gasteiger partial charge on any atom is -0.481 e. The van der Waals surface area contributed by atoms with E-state index in [-0.39, 0.29) is 17.7 Å². The van der Waals surface area contributed by atoms with Crippen molar-refractivity contribution in [2.24, 2.45) is 17.8 Å². The van der Waals surface area contributed by atoms with Crippen LogP contribution in [0.2, 0.25) is 0 Å². The van der Waals surface area contributed by atoms with E-state index < -0.39 is 6.10 Å². The van der Waals surface area contributed by atoms with Gasteiger partial charge < -0.3 is 20.3 Å². The average Bonchev–Trinajstić information content (AvgIpc) is 2.86. The van der Waals surface area contributed by atoms with Crippen molar-refractivity contribution < 1.29 is 14.3 Å². The summed E-state index contributed by atoms with van der Waals surface area (Å²) in [5.41, 5.74) is 1.77. The van der Waals surface area contributed by atoms with Crippen molar-refractivity contribution in [1.82, 2.24) is 10.2 Å². The molecular formula is C18H23N3O3. The third-order valence-electron chi connectivity index (χ3n) is 5.51. The molecule has 3 fully saturated rings. The van der Waals surface area contributed by atoms with Crippen LogP contribution in [0.3, 0.4) is 0 Å². The first-order valence-corrected chi connectivity index (χ1v) is 8.58. The average molecular weight is 329 g/mol. The first-order chi connectivity index (χ1) is 11.5. The van der Waals surface area contributed by atoms with Gasteiger partial charge in [-0.3, -0.25) is 9.59 Å². The number of carbonyl (C=O) groups excluding carboxylic acids is 2. The molecule has 2 amide bonds. The van der Waals surface area contributed by atoms with Crippen molar-refractivity contribution in [3.63, 3.8) is 0 Å². The fraction of sp³-hybridized carbons (Fsp3) is 0.556. The smallest absolute Gasteiger partial charge is 0.263 e. The Kier molecular flexibility index (Phi) is 3.72. The van der Waals surface area contributed by atoms with E-state index in [4.69, 9.17) is 4.74 Å². The molecule has 6 nitrogen and oxygen atoms in total. The summed E-state index contributed by atoms with van der Waals surface area (Å²) in [6, 6.07) is 5.57. The second-order valence-corrected chi connectivity index (χ2v) is 7.13. The maximum Gasteiger partial charge on any atom is 0.263 e. The van der Waals surface area contributed by atoms with E-state index in [1.165, 1.54) is 0 Å². The highest BCUT2D eigenvalue weighted by Crippen LogP contribution is 2.49. The Morgan fingerprint density at radius 1 is 1.33 bits per heavy atom. The number of nitrogens with one attached hydrogen (secondary N) is 2. The van der Waals surface area contributed by atoms with Crippen LogP contribution in [0.15, 0.2) is 18.2 Å². The Morgan fingerprint density at radius 3 is 2.71 bits per heavy atom. The zero-order chi connectivity index (χ0) is 16.8. The fourth-order valence-electron chi connectivity index (χ4n) is 3.94. The van der Waals surface area contributed by atoms with Gasteiger partial charge in [-0.2, -0.15) is 0 Å². The summed E-state index contributed by atoms with van der Waals surface area (Å²) >= 11 is 0. The number of fused-ring (bicyclic) bond motifs is 1. The Hall–Kier alpha value is -2.08. The number of anilines is 1. The standard InChI is InChI=1S/C18H23N3O3/c1-10-7-11(24-15-5-6-21(2)18(15)23)3-4-14(10)20-17(22)16-12-8-19-9-13(12)16/h3-4,7,12-13,15-16,19H,5-6,8-9H2,1-2H3,(H,20,22)/t12-,13+,15?,16?. The predicted octanol–water partition coefficient (Wildman–Crippen LogP) is 1.01. The number of ether oxygens (including phenoxy) is 1. The molecule has 128 valence electrons. The number of piperidine rings is 1. The van der Waals surface area contributed by atoms with Crippen LogP contribution in [0.4, 0.5) is 5.69 Å². The Bertz CT molecular complexity index is 680. The van der Waals surface area contributed by atoms with Crippen LogP contribution in [-0.2, 0) is 9.59 Å². The number of hydrogen-bond acceptors (Lipinski definition) is 4. The minimum absolute atomic E-state index is 0.0268. The normalized spacial score (nSPS) is 31.1. The van der Waals surface area contributed by atoms with Gasteiger partial charge in [0.05, 0.1) is 0 Å². The zero-order valence-corrected chi connectivity index (χ0v) is 14.0. The molecule has 0 spiro atoms. The summed E-state index contributed by atoms with van der Waals surface area (Å²) in [4.78, 5) is 26.0. The molecule has 0 aromatic heterocycles. The number of likely N-dealkylation sites (tertiary alicyclic amines) is 1. The lowest BCUT2D eigenvalue weighted by molar-refractivity contribution is -0.132. The number of likely N-dealkylation sites (N-methyl/N-ethyl adjacent to an activating group) is 1. The van der Waals surface area contributed by atoms with Crippen molar-refractivity contribution in [3.8, 4) is 5.75 Å². The SMILES string of the molecule is Cc1cc(OC2CCN(C)C2=O)ccc1NC(=O)C1[C@H]2CNC[C@@H]12. The Morgan fingerprint density at radius 2 is 2.08 bits per heavy atom. The number of amides is 2. The van der Waals surface area contributed by atoms with Gasteiger partial charge in [0.2, 0.25) is 5.91 Å². The van der Waals surface area contributed by atoms with E-state index >= 15 is 0 Å². The molecule has 4 rings (SSSR count). The van der Waals surface area contributed by atoms with Gasteiger partial charge in [0.15, 0.2) is 6.10 Å². The molecule has 2 aliphatic heterocycles. The molecule has 6 heteroatoms. The molecule has 24 heavy (non-hydrogen) atoms. The Balaban J connectivity index is 1.39. The molecule has 0 bridgehead atoms. The van der Waals surface area contributed by atoms with Crippen LogP contribution in [0.5, 0.6) is 5.75 Å². The van der Waals surface area contributed by atoms with Gasteiger partial charge in [-0.1, -0.05) is 0 Å². The maximum absolute atomic E-state index is 12.4. The maximum atomic E-state index is 12.4. The van der Waals surface area contributed by atoms with Crippen molar-refractivity contribution in [2.75, 3.05) is 32.0 Å². The summed E-state index contributed by atoms with van der Waals surface area (Å²) in [6.45, 7) is 4.59. The first kappa shape index (κ1) is 15.4. The summed E-state index contributed by atoms with van der Waals surface area (Å²) in [7, 11) is 1.79. The molecule has 1 aromatic carbocycles. The summed E-state index contributed by atoms with van der Waals surface area (Å²) < 4.78 is 5.81. The zero-order valence-electron chi connectivity index (χ0n) is 14.0. The van der Waals surface area contributed by atoms with Crippen LogP contribution in [0, 0.1) is 24.7 Å². The van der Waals surface area contributed by atoms with E-state index in [2.05, 4.69) is 10.6 Å². The number of hydrogen-bond donors (Lipinski definition) is 2. The molecule has 3 aliphatic rings. The lowest BCUT2D eigenvalue weighted by Gasteiger charge is -2.15. The van der Waals surface area contributed by atoms with Gasteiger partial charge in [0.25, 0.3) is 5.91 Å². The quantitative estimate of drug-likeness (QED) is 0.865. The van der Waals surface area contributed by atoms with Crippen molar-refractivity contribution >= 4 is 17.5 Å². The van der Waals surface area contributed by atoms with Gasteiger partial charge in [-0.05, 0) is 55.6 Å². The lowest BCUT2D eigenvalue weighted by Crippen LogP contribution is -2.29. The summed E-state index contributed by atoms with van der Waals surface area (Å²) in [5, 5.41) is 6.34. The van der Waals surface area contributed by atoms with E-state index in [1.54, 1.807) is 11.9 Å². The number of carbonyl (C=O) groups is 2. The van der Waals surface area contributed by atoms with Gasteiger partial charge in [-0.15, -0.1) is 0 Å². The minimum atomic E-state index is -0.395. The second kappa shape index (κ2) is 5.77. The van der Waals surface area contributed by atoms with E-state index in [0.29, 0.717) is 24.0 Å². The van der Waals surface area contributed by atoms with Crippen LogP contribution < -0.4 is 15.4 Å². The molecule has 1 saturated carbocycles. The van der Waals surface area contributed by atoms with Crippen LogP contribution >= 0.6 is 0 Å². The molecule has 1 aromatic rings. The summed E-state index contributed by atoms with van der Waals surface area (Å²) in [5.74, 6) is 2.01. The van der Waals surface area contributed by atoms with Gasteiger partial charge >= 0.3 is 0 Å². The first-order valence-electron chi connectivity index (χ1n) is 8.58. The fourth-order valence-corrected chi connectivity index (χ4v) is 3.94. The number of rotatable bonds is 4. The molecule has 0 radical (unpaired) electrons. The lowest BCUT2D eigenvalue weighted by atomic mass is 10.1. The van der Waals surface area contributed by atoms with Crippen molar-refractivity contribution in [1.29, 1.82) is 0 Å². The largest absolute Gasteiger partial charge is 0.481 e. The molecular weight excluding hydrogens is 306 g/mol. The monoisotopic (exact) mass is 329 g/mol. The third-order valence-corrected chi connectivity index (χ3v) is 5.51. The highest BCUT2D eigenvalue weighted by molar-refractivity contribution is 5.95. The molecule has 2 saturated heterocycles. The number of benzene rings is 1. The van der Waals surface area contributed by atoms with Crippen molar-refractivity contribution in [3.05, 3.63) is 23.8 Å². The topological polar surface area (TPSA) is 70.7 Å². The van der Waals surface area contributed by atoms with Crippen LogP contribution in [0.1, 0.15) is 12.0 Å². The summed E-state index contributed by atoms with van der Waals surface area (Å²) in [6.07, 6.45) is 0.318. The van der Waals surface area contributed by atoms with E-state index in [0.717, 1.165) is 30.9 Å². The third kappa shape index (κ3) is 2.65. The number of aryl methyl sites for hydroxylation is 1. The molecule has 2 unspecified atom stereocenters. The van der Waals surface area contributed by atoms with E-state index in [1.807, 2.05) is 25.1 Å². The highest BCUT2D eigenvalue weighted by atomic mass is 16.5. The van der Waals surface area contributed by atoms with Gasteiger partial charge in [0, 0.05) is 31.6 Å². The van der Waals surface area contributed by atoms with Gasteiger partial charge in [-0.25, -0.2) is 0 Å². The van der Waals surface area contributed by atoms with Gasteiger partial charge in [0.1, 0.15) is 5.75 Å². The Labute approximate surface area is 141 Å². The van der Waals surface area contributed by atoms with Crippen molar-refractivity contribution in [2.45, 2.75) is 19.4 Å². The van der Waals surface area contributed by atoms with Crippen LogP contribution in [-0.4, -0.2) is 49.5 Å². The number of nitrogens with zero attached hydrogens (tertiary/aromatic N) is 1. The molecule has 2 heterocycles. The highest BCUT2D eigenvalue weighted by Gasteiger charge is 2.56. The van der Waals surface area contributed by atoms with Crippen LogP contribution in [0.25, 0.3) is 0 Å². The molecule has 1 aliphatic carbocycles.